The van der Waals surface area contributed by atoms with Crippen molar-refractivity contribution in [3.8, 4) is 0 Å². The molecule has 124 valence electrons. The van der Waals surface area contributed by atoms with Gasteiger partial charge in [0.1, 0.15) is 0 Å². The van der Waals surface area contributed by atoms with Gasteiger partial charge in [0.2, 0.25) is 0 Å². The van der Waals surface area contributed by atoms with Crippen LogP contribution in [0.5, 0.6) is 0 Å². The molecule has 24 heavy (non-hydrogen) atoms. The smallest absolute Gasteiger partial charge is 0.399 e. The average molecular weight is 324 g/mol. The Hall–Kier alpha value is -2.18. The van der Waals surface area contributed by atoms with Crippen LogP contribution in [0.3, 0.4) is 0 Å². The molecule has 2 heterocycles. The standard InChI is InChI=1S/C18H21BN2O3/c1-17(2)18(3,4)24-19(23-17)14-6-5-7-15(12-14)21-16(22)13-8-10-20-11-9-13/h5-12H,1-4H3,(H,21,22). The fourth-order valence-corrected chi connectivity index (χ4v) is 2.45. The van der Waals surface area contributed by atoms with Crippen molar-refractivity contribution in [1.29, 1.82) is 0 Å². The Kier molecular flexibility index (Phi) is 4.19. The predicted molar refractivity (Wildman–Crippen MR) is 94.3 cm³/mol. The molecule has 0 unspecified atom stereocenters. The normalized spacial score (nSPS) is 18.4. The number of rotatable bonds is 3. The summed E-state index contributed by atoms with van der Waals surface area (Å²) in [5, 5.41) is 2.89. The molecule has 0 spiro atoms. The van der Waals surface area contributed by atoms with Gasteiger partial charge in [-0.25, -0.2) is 0 Å². The Morgan fingerprint density at radius 1 is 1.04 bits per heavy atom. The third-order valence-electron chi connectivity index (χ3n) is 4.61. The third-order valence-corrected chi connectivity index (χ3v) is 4.61. The Labute approximate surface area is 142 Å². The van der Waals surface area contributed by atoms with Crippen molar-refractivity contribution in [3.63, 3.8) is 0 Å². The first-order valence-corrected chi connectivity index (χ1v) is 7.95. The van der Waals surface area contributed by atoms with E-state index < -0.39 is 18.3 Å². The van der Waals surface area contributed by atoms with Gasteiger partial charge in [-0.3, -0.25) is 9.78 Å². The first kappa shape index (κ1) is 16.7. The Bertz CT molecular complexity index is 731. The lowest BCUT2D eigenvalue weighted by Crippen LogP contribution is -2.41. The molecule has 5 nitrogen and oxygen atoms in total. The molecule has 0 saturated carbocycles. The van der Waals surface area contributed by atoms with Crippen molar-refractivity contribution < 1.29 is 14.1 Å². The SMILES string of the molecule is CC1(C)OB(c2cccc(NC(=O)c3ccncc3)c2)OC1(C)C. The highest BCUT2D eigenvalue weighted by atomic mass is 16.7. The number of pyridine rings is 1. The van der Waals surface area contributed by atoms with Gasteiger partial charge >= 0.3 is 7.12 Å². The number of nitrogens with zero attached hydrogens (tertiary/aromatic N) is 1. The molecule has 6 heteroatoms. The van der Waals surface area contributed by atoms with Gasteiger partial charge in [0.15, 0.2) is 0 Å². The highest BCUT2D eigenvalue weighted by molar-refractivity contribution is 6.62. The molecule has 1 aliphatic rings. The number of carbonyl (C=O) groups is 1. The van der Waals surface area contributed by atoms with Crippen molar-refractivity contribution in [1.82, 2.24) is 4.98 Å². The number of anilines is 1. The van der Waals surface area contributed by atoms with Gasteiger partial charge in [-0.1, -0.05) is 12.1 Å². The van der Waals surface area contributed by atoms with Gasteiger partial charge in [0, 0.05) is 23.6 Å². The van der Waals surface area contributed by atoms with Crippen LogP contribution in [0.2, 0.25) is 0 Å². The molecule has 1 aromatic carbocycles. The molecule has 0 atom stereocenters. The van der Waals surface area contributed by atoms with Crippen molar-refractivity contribution >= 4 is 24.2 Å². The minimum absolute atomic E-state index is 0.177. The molecule has 1 aromatic heterocycles. The molecule has 1 fully saturated rings. The zero-order valence-corrected chi connectivity index (χ0v) is 14.4. The molecule has 2 aromatic rings. The van der Waals surface area contributed by atoms with Gasteiger partial charge in [-0.15, -0.1) is 0 Å². The highest BCUT2D eigenvalue weighted by Gasteiger charge is 2.51. The minimum Gasteiger partial charge on any atom is -0.399 e. The zero-order valence-electron chi connectivity index (χ0n) is 14.4. The van der Waals surface area contributed by atoms with Crippen LogP contribution in [0, 0.1) is 0 Å². The Balaban J connectivity index is 1.77. The summed E-state index contributed by atoms with van der Waals surface area (Å²) in [5.74, 6) is -0.177. The van der Waals surface area contributed by atoms with Crippen molar-refractivity contribution in [2.24, 2.45) is 0 Å². The number of hydrogen-bond acceptors (Lipinski definition) is 4. The monoisotopic (exact) mass is 324 g/mol. The van der Waals surface area contributed by atoms with Crippen LogP contribution in [0.4, 0.5) is 5.69 Å². The summed E-state index contributed by atoms with van der Waals surface area (Å²) in [4.78, 5) is 16.2. The van der Waals surface area contributed by atoms with Crippen molar-refractivity contribution in [2.75, 3.05) is 5.32 Å². The van der Waals surface area contributed by atoms with Crippen LogP contribution in [0.1, 0.15) is 38.1 Å². The topological polar surface area (TPSA) is 60.5 Å². The van der Waals surface area contributed by atoms with Gasteiger partial charge in [0.05, 0.1) is 11.2 Å². The Morgan fingerprint density at radius 3 is 2.29 bits per heavy atom. The largest absolute Gasteiger partial charge is 0.494 e. The molecular formula is C18H21BN2O3. The third kappa shape index (κ3) is 3.20. The number of aromatic nitrogens is 1. The Morgan fingerprint density at radius 2 is 1.67 bits per heavy atom. The average Bonchev–Trinajstić information content (AvgIpc) is 2.76. The number of amides is 1. The summed E-state index contributed by atoms with van der Waals surface area (Å²) in [7, 11) is -0.451. The molecule has 0 aliphatic carbocycles. The van der Waals surface area contributed by atoms with Crippen LogP contribution in [-0.4, -0.2) is 29.2 Å². The summed E-state index contributed by atoms with van der Waals surface area (Å²) < 4.78 is 12.1. The lowest BCUT2D eigenvalue weighted by molar-refractivity contribution is 0.00578. The van der Waals surface area contributed by atoms with E-state index in [1.54, 1.807) is 24.5 Å². The number of benzene rings is 1. The summed E-state index contributed by atoms with van der Waals surface area (Å²) >= 11 is 0. The summed E-state index contributed by atoms with van der Waals surface area (Å²) in [6, 6.07) is 10.9. The van der Waals surface area contributed by atoms with E-state index in [1.807, 2.05) is 52.0 Å². The van der Waals surface area contributed by atoms with Crippen LogP contribution in [0.15, 0.2) is 48.8 Å². The quantitative estimate of drug-likeness (QED) is 0.882. The summed E-state index contributed by atoms with van der Waals surface area (Å²) in [6.07, 6.45) is 3.19. The predicted octanol–water partition coefficient (Wildman–Crippen LogP) is 2.63. The molecule has 1 saturated heterocycles. The molecule has 1 amide bonds. The molecule has 0 radical (unpaired) electrons. The fourth-order valence-electron chi connectivity index (χ4n) is 2.45. The van der Waals surface area contributed by atoms with E-state index in [1.165, 1.54) is 0 Å². The minimum atomic E-state index is -0.451. The maximum absolute atomic E-state index is 12.3. The zero-order chi connectivity index (χ0) is 17.4. The van der Waals surface area contributed by atoms with Gasteiger partial charge in [-0.2, -0.15) is 0 Å². The maximum atomic E-state index is 12.3. The van der Waals surface area contributed by atoms with E-state index >= 15 is 0 Å². The first-order valence-electron chi connectivity index (χ1n) is 7.95. The van der Waals surface area contributed by atoms with E-state index in [9.17, 15) is 4.79 Å². The van der Waals surface area contributed by atoms with E-state index in [4.69, 9.17) is 9.31 Å². The molecule has 3 rings (SSSR count). The molecule has 1 aliphatic heterocycles. The highest BCUT2D eigenvalue weighted by Crippen LogP contribution is 2.36. The van der Waals surface area contributed by atoms with Crippen molar-refractivity contribution in [3.05, 3.63) is 54.4 Å². The summed E-state index contributed by atoms with van der Waals surface area (Å²) in [6.45, 7) is 8.06. The second-order valence-electron chi connectivity index (χ2n) is 6.90. The second-order valence-corrected chi connectivity index (χ2v) is 6.90. The fraction of sp³-hybridized carbons (Fsp3) is 0.333. The van der Waals surface area contributed by atoms with Crippen LogP contribution < -0.4 is 10.8 Å². The summed E-state index contributed by atoms with van der Waals surface area (Å²) in [5.41, 5.74) is 1.35. The van der Waals surface area contributed by atoms with Crippen LogP contribution >= 0.6 is 0 Å². The first-order chi connectivity index (χ1) is 11.3. The number of nitrogens with one attached hydrogen (secondary N) is 1. The van der Waals surface area contributed by atoms with Crippen LogP contribution in [0.25, 0.3) is 0 Å². The van der Waals surface area contributed by atoms with E-state index in [2.05, 4.69) is 10.3 Å². The van der Waals surface area contributed by atoms with E-state index in [0.717, 1.165) is 5.46 Å². The van der Waals surface area contributed by atoms with Crippen molar-refractivity contribution in [2.45, 2.75) is 38.9 Å². The van der Waals surface area contributed by atoms with Gasteiger partial charge < -0.3 is 14.6 Å². The van der Waals surface area contributed by atoms with E-state index in [0.29, 0.717) is 11.3 Å². The lowest BCUT2D eigenvalue weighted by atomic mass is 9.79. The van der Waals surface area contributed by atoms with Gasteiger partial charge in [-0.05, 0) is 57.4 Å². The number of carbonyl (C=O) groups excluding carboxylic acids is 1. The number of hydrogen-bond donors (Lipinski definition) is 1. The second kappa shape index (κ2) is 6.04. The van der Waals surface area contributed by atoms with Crippen LogP contribution in [-0.2, 0) is 9.31 Å². The molecular weight excluding hydrogens is 303 g/mol. The van der Waals surface area contributed by atoms with E-state index in [-0.39, 0.29) is 5.91 Å². The maximum Gasteiger partial charge on any atom is 0.494 e. The van der Waals surface area contributed by atoms with Gasteiger partial charge in [0.25, 0.3) is 5.91 Å². The lowest BCUT2D eigenvalue weighted by Gasteiger charge is -2.32. The molecule has 1 N–H and O–H groups in total. The molecule has 0 bridgehead atoms.